The van der Waals surface area contributed by atoms with E-state index in [1.54, 1.807) is 0 Å². The Kier molecular flexibility index (Phi) is 3.02. The van der Waals surface area contributed by atoms with Crippen LogP contribution in [-0.2, 0) is 14.3 Å². The Balaban J connectivity index is 2.31. The number of carbonyl (C=O) groups excluding carboxylic acids is 1. The molecule has 1 fully saturated rings. The summed E-state index contributed by atoms with van der Waals surface area (Å²) in [6.45, 7) is 2.16. The Morgan fingerprint density at radius 1 is 1.64 bits per heavy atom. The third-order valence-corrected chi connectivity index (χ3v) is 1.88. The molecule has 11 heavy (non-hydrogen) atoms. The number of Topliss-reactive ketones (excluding diaryl/α,β-unsaturated/α-hetero) is 1. The van der Waals surface area contributed by atoms with E-state index in [9.17, 15) is 4.79 Å². The number of methoxy groups -OCH3 is 1. The van der Waals surface area contributed by atoms with E-state index in [0.29, 0.717) is 0 Å². The number of ether oxygens (including phenoxy) is 2. The van der Waals surface area contributed by atoms with Gasteiger partial charge in [0.1, 0.15) is 12.7 Å². The van der Waals surface area contributed by atoms with E-state index in [-0.39, 0.29) is 24.6 Å². The van der Waals surface area contributed by atoms with E-state index in [0.717, 1.165) is 12.8 Å². The first kappa shape index (κ1) is 8.68. The number of hydrogen-bond donors (Lipinski definition) is 0. The molecule has 3 nitrogen and oxygen atoms in total. The lowest BCUT2D eigenvalue weighted by Gasteiger charge is -2.08. The molecule has 0 spiro atoms. The summed E-state index contributed by atoms with van der Waals surface area (Å²) in [7, 11) is 1.52. The summed E-state index contributed by atoms with van der Waals surface area (Å²) in [6.07, 6.45) is 1.87. The van der Waals surface area contributed by atoms with E-state index in [1.165, 1.54) is 7.11 Å². The van der Waals surface area contributed by atoms with Crippen LogP contribution >= 0.6 is 0 Å². The molecule has 2 atom stereocenters. The molecule has 0 N–H and O–H groups in total. The van der Waals surface area contributed by atoms with Gasteiger partial charge in [-0.25, -0.2) is 0 Å². The minimum absolute atomic E-state index is 0.0665. The molecule has 1 saturated heterocycles. The maximum Gasteiger partial charge on any atom is 0.187 e. The molecule has 1 heterocycles. The smallest absolute Gasteiger partial charge is 0.187 e. The lowest BCUT2D eigenvalue weighted by atomic mass is 10.1. The van der Waals surface area contributed by atoms with Gasteiger partial charge in [-0.3, -0.25) is 4.79 Å². The third-order valence-electron chi connectivity index (χ3n) is 1.88. The molecule has 0 radical (unpaired) electrons. The highest BCUT2D eigenvalue weighted by molar-refractivity contribution is 5.84. The molecule has 2 unspecified atom stereocenters. The average Bonchev–Trinajstić information content (AvgIpc) is 2.36. The van der Waals surface area contributed by atoms with Crippen LogP contribution in [0.25, 0.3) is 0 Å². The molecule has 1 rings (SSSR count). The van der Waals surface area contributed by atoms with Crippen molar-refractivity contribution < 1.29 is 14.3 Å². The van der Waals surface area contributed by atoms with Gasteiger partial charge in [0.25, 0.3) is 0 Å². The third kappa shape index (κ3) is 2.27. The molecule has 1 aliphatic rings. The molecular weight excluding hydrogens is 144 g/mol. The van der Waals surface area contributed by atoms with E-state index in [2.05, 4.69) is 0 Å². The summed E-state index contributed by atoms with van der Waals surface area (Å²) in [5, 5.41) is 0. The van der Waals surface area contributed by atoms with Gasteiger partial charge in [-0.1, -0.05) is 0 Å². The zero-order valence-electron chi connectivity index (χ0n) is 7.00. The molecule has 64 valence electrons. The Morgan fingerprint density at radius 2 is 2.36 bits per heavy atom. The topological polar surface area (TPSA) is 35.5 Å². The standard InChI is InChI=1S/C8H14O3/c1-6-3-4-8(11-6)7(9)5-10-2/h6,8H,3-5H2,1-2H3. The van der Waals surface area contributed by atoms with Crippen LogP contribution in [0.4, 0.5) is 0 Å². The first-order valence-electron chi connectivity index (χ1n) is 3.91. The molecule has 0 saturated carbocycles. The summed E-state index contributed by atoms with van der Waals surface area (Å²) >= 11 is 0. The zero-order valence-corrected chi connectivity index (χ0v) is 7.00. The van der Waals surface area contributed by atoms with Gasteiger partial charge in [-0.15, -0.1) is 0 Å². The van der Waals surface area contributed by atoms with Crippen molar-refractivity contribution in [3.8, 4) is 0 Å². The van der Waals surface area contributed by atoms with Gasteiger partial charge in [0.05, 0.1) is 6.10 Å². The molecule has 0 aromatic rings. The average molecular weight is 158 g/mol. The molecule has 0 aromatic carbocycles. The van der Waals surface area contributed by atoms with E-state index in [4.69, 9.17) is 9.47 Å². The van der Waals surface area contributed by atoms with Crippen molar-refractivity contribution in [2.75, 3.05) is 13.7 Å². The molecule has 0 bridgehead atoms. The summed E-state index contributed by atoms with van der Waals surface area (Å²) in [5.74, 6) is 0.0665. The normalized spacial score (nSPS) is 30.7. The van der Waals surface area contributed by atoms with Crippen molar-refractivity contribution in [3.05, 3.63) is 0 Å². The number of carbonyl (C=O) groups is 1. The summed E-state index contributed by atoms with van der Waals surface area (Å²) in [6, 6.07) is 0. The van der Waals surface area contributed by atoms with Gasteiger partial charge in [-0.05, 0) is 19.8 Å². The predicted octanol–water partition coefficient (Wildman–Crippen LogP) is 0.769. The molecule has 0 amide bonds. The lowest BCUT2D eigenvalue weighted by Crippen LogP contribution is -2.24. The molecular formula is C8H14O3. The molecule has 0 aromatic heterocycles. The van der Waals surface area contributed by atoms with E-state index in [1.807, 2.05) is 6.92 Å². The van der Waals surface area contributed by atoms with Gasteiger partial charge in [0.2, 0.25) is 0 Å². The molecule has 0 aliphatic carbocycles. The van der Waals surface area contributed by atoms with Crippen molar-refractivity contribution in [1.29, 1.82) is 0 Å². The van der Waals surface area contributed by atoms with Gasteiger partial charge in [0.15, 0.2) is 5.78 Å². The highest BCUT2D eigenvalue weighted by atomic mass is 16.5. The molecule has 3 heteroatoms. The summed E-state index contributed by atoms with van der Waals surface area (Å²) in [5.41, 5.74) is 0. The first-order chi connectivity index (χ1) is 5.24. The van der Waals surface area contributed by atoms with Crippen LogP contribution in [0.5, 0.6) is 0 Å². The minimum Gasteiger partial charge on any atom is -0.377 e. The largest absolute Gasteiger partial charge is 0.377 e. The predicted molar refractivity (Wildman–Crippen MR) is 40.5 cm³/mol. The Hall–Kier alpha value is -0.410. The summed E-state index contributed by atoms with van der Waals surface area (Å²) < 4.78 is 10.1. The number of rotatable bonds is 3. The SMILES string of the molecule is COCC(=O)C1CCC(C)O1. The Labute approximate surface area is 66.7 Å². The minimum atomic E-state index is -0.204. The fourth-order valence-corrected chi connectivity index (χ4v) is 1.27. The zero-order chi connectivity index (χ0) is 8.27. The van der Waals surface area contributed by atoms with Crippen LogP contribution in [0, 0.1) is 0 Å². The van der Waals surface area contributed by atoms with Crippen molar-refractivity contribution in [1.82, 2.24) is 0 Å². The summed E-state index contributed by atoms with van der Waals surface area (Å²) in [4.78, 5) is 11.1. The van der Waals surface area contributed by atoms with Gasteiger partial charge in [0, 0.05) is 7.11 Å². The molecule has 1 aliphatic heterocycles. The van der Waals surface area contributed by atoms with Crippen molar-refractivity contribution in [3.63, 3.8) is 0 Å². The monoisotopic (exact) mass is 158 g/mol. The van der Waals surface area contributed by atoms with E-state index < -0.39 is 0 Å². The van der Waals surface area contributed by atoms with Crippen LogP contribution < -0.4 is 0 Å². The van der Waals surface area contributed by atoms with E-state index >= 15 is 0 Å². The fraction of sp³-hybridized carbons (Fsp3) is 0.875. The lowest BCUT2D eigenvalue weighted by molar-refractivity contribution is -0.133. The number of hydrogen-bond acceptors (Lipinski definition) is 3. The van der Waals surface area contributed by atoms with Crippen LogP contribution in [0.1, 0.15) is 19.8 Å². The first-order valence-corrected chi connectivity index (χ1v) is 3.91. The van der Waals surface area contributed by atoms with Crippen LogP contribution in [-0.4, -0.2) is 31.7 Å². The second-order valence-electron chi connectivity index (χ2n) is 2.91. The van der Waals surface area contributed by atoms with Gasteiger partial charge >= 0.3 is 0 Å². The Bertz CT molecular complexity index is 144. The highest BCUT2D eigenvalue weighted by Gasteiger charge is 2.27. The second-order valence-corrected chi connectivity index (χ2v) is 2.91. The number of ketones is 1. The quantitative estimate of drug-likeness (QED) is 0.608. The second kappa shape index (κ2) is 3.83. The maximum atomic E-state index is 11.1. The van der Waals surface area contributed by atoms with Crippen LogP contribution in [0.15, 0.2) is 0 Å². The maximum absolute atomic E-state index is 11.1. The van der Waals surface area contributed by atoms with Gasteiger partial charge in [-0.2, -0.15) is 0 Å². The highest BCUT2D eigenvalue weighted by Crippen LogP contribution is 2.19. The fourth-order valence-electron chi connectivity index (χ4n) is 1.27. The van der Waals surface area contributed by atoms with Crippen molar-refractivity contribution in [2.24, 2.45) is 0 Å². The van der Waals surface area contributed by atoms with Crippen molar-refractivity contribution >= 4 is 5.78 Å². The Morgan fingerprint density at radius 3 is 2.82 bits per heavy atom. The van der Waals surface area contributed by atoms with Crippen LogP contribution in [0.3, 0.4) is 0 Å². The van der Waals surface area contributed by atoms with Gasteiger partial charge < -0.3 is 9.47 Å². The van der Waals surface area contributed by atoms with Crippen LogP contribution in [0.2, 0.25) is 0 Å². The van der Waals surface area contributed by atoms with Crippen molar-refractivity contribution in [2.45, 2.75) is 32.0 Å².